The highest BCUT2D eigenvalue weighted by Crippen LogP contribution is 2.15. The minimum Gasteiger partial charge on any atom is -0.497 e. The average molecular weight is 328 g/mol. The summed E-state index contributed by atoms with van der Waals surface area (Å²) >= 11 is 0. The van der Waals surface area contributed by atoms with E-state index >= 15 is 0 Å². The van der Waals surface area contributed by atoms with Crippen LogP contribution in [-0.2, 0) is 20.0 Å². The van der Waals surface area contributed by atoms with E-state index in [1.165, 1.54) is 5.56 Å². The Kier molecular flexibility index (Phi) is 5.53. The molecule has 3 rings (SSSR count). The number of piperazine rings is 1. The second kappa shape index (κ2) is 7.81. The molecule has 0 saturated carbocycles. The number of hydrogen-bond acceptors (Lipinski definition) is 4. The highest BCUT2D eigenvalue weighted by atomic mass is 16.5. The van der Waals surface area contributed by atoms with Crippen molar-refractivity contribution in [3.8, 4) is 5.75 Å². The Morgan fingerprint density at radius 2 is 2.00 bits per heavy atom. The molecular weight excluding hydrogens is 300 g/mol. The largest absolute Gasteiger partial charge is 0.497 e. The highest BCUT2D eigenvalue weighted by molar-refractivity contribution is 5.27. The second-order valence-corrected chi connectivity index (χ2v) is 6.67. The first-order chi connectivity index (χ1) is 11.7. The lowest BCUT2D eigenvalue weighted by molar-refractivity contribution is 0.0758. The van der Waals surface area contributed by atoms with Gasteiger partial charge in [0, 0.05) is 51.7 Å². The fraction of sp³-hybridized carbons (Fsp3) is 0.526. The van der Waals surface area contributed by atoms with Crippen LogP contribution < -0.4 is 4.74 Å². The van der Waals surface area contributed by atoms with Gasteiger partial charge in [-0.3, -0.25) is 4.90 Å². The number of nitrogens with zero attached hydrogens (tertiary/aromatic N) is 4. The fourth-order valence-electron chi connectivity index (χ4n) is 3.32. The Morgan fingerprint density at radius 3 is 2.62 bits per heavy atom. The molecule has 1 aliphatic heterocycles. The van der Waals surface area contributed by atoms with E-state index in [2.05, 4.69) is 45.5 Å². The molecule has 1 atom stereocenters. The third-order valence-corrected chi connectivity index (χ3v) is 4.99. The predicted octanol–water partition coefficient (Wildman–Crippen LogP) is 2.18. The standard InChI is InChI=1S/C19H28N4O/c1-16-14-22(10-8-17-4-6-18(24-3)7-5-17)12-13-23(16)15-19-20-9-11-21(19)2/h4-7,9,11,16H,8,10,12-15H2,1-3H3. The number of imidazole rings is 1. The van der Waals surface area contributed by atoms with Crippen LogP contribution in [0, 0.1) is 0 Å². The molecule has 2 aromatic rings. The first-order valence-electron chi connectivity index (χ1n) is 8.71. The van der Waals surface area contributed by atoms with Crippen LogP contribution in [0.5, 0.6) is 5.75 Å². The van der Waals surface area contributed by atoms with Gasteiger partial charge in [0.2, 0.25) is 0 Å². The van der Waals surface area contributed by atoms with Gasteiger partial charge in [-0.15, -0.1) is 0 Å². The molecule has 0 bridgehead atoms. The van der Waals surface area contributed by atoms with Gasteiger partial charge in [0.05, 0.1) is 13.7 Å². The molecule has 24 heavy (non-hydrogen) atoms. The zero-order valence-electron chi connectivity index (χ0n) is 15.0. The third kappa shape index (κ3) is 4.16. The summed E-state index contributed by atoms with van der Waals surface area (Å²) in [5, 5.41) is 0. The summed E-state index contributed by atoms with van der Waals surface area (Å²) in [6.45, 7) is 7.74. The first kappa shape index (κ1) is 17.0. The van der Waals surface area contributed by atoms with Crippen molar-refractivity contribution >= 4 is 0 Å². The lowest BCUT2D eigenvalue weighted by atomic mass is 10.1. The quantitative estimate of drug-likeness (QED) is 0.814. The van der Waals surface area contributed by atoms with Gasteiger partial charge in [-0.1, -0.05) is 12.1 Å². The van der Waals surface area contributed by atoms with Crippen LogP contribution in [0.25, 0.3) is 0 Å². The lowest BCUT2D eigenvalue weighted by Gasteiger charge is -2.39. The molecule has 1 fully saturated rings. The Bertz CT molecular complexity index is 637. The van der Waals surface area contributed by atoms with E-state index in [1.54, 1.807) is 7.11 Å². The molecule has 0 amide bonds. The summed E-state index contributed by atoms with van der Waals surface area (Å²) in [6.07, 6.45) is 4.99. The Morgan fingerprint density at radius 1 is 1.21 bits per heavy atom. The third-order valence-electron chi connectivity index (χ3n) is 4.99. The summed E-state index contributed by atoms with van der Waals surface area (Å²) in [7, 11) is 3.78. The maximum Gasteiger partial charge on any atom is 0.122 e. The van der Waals surface area contributed by atoms with Crippen molar-refractivity contribution in [2.45, 2.75) is 25.9 Å². The Balaban J connectivity index is 1.47. The molecule has 1 unspecified atom stereocenters. The van der Waals surface area contributed by atoms with E-state index in [4.69, 9.17) is 4.74 Å². The van der Waals surface area contributed by atoms with Crippen LogP contribution >= 0.6 is 0 Å². The zero-order valence-corrected chi connectivity index (χ0v) is 15.0. The minimum atomic E-state index is 0.561. The average Bonchev–Trinajstić information content (AvgIpc) is 3.00. The number of methoxy groups -OCH3 is 1. The normalized spacial score (nSPS) is 19.5. The first-order valence-corrected chi connectivity index (χ1v) is 8.71. The van der Waals surface area contributed by atoms with E-state index in [0.717, 1.165) is 50.7 Å². The van der Waals surface area contributed by atoms with Crippen molar-refractivity contribution in [2.24, 2.45) is 7.05 Å². The van der Waals surface area contributed by atoms with Gasteiger partial charge < -0.3 is 14.2 Å². The van der Waals surface area contributed by atoms with E-state index in [1.807, 2.05) is 24.5 Å². The summed E-state index contributed by atoms with van der Waals surface area (Å²) < 4.78 is 7.33. The van der Waals surface area contributed by atoms with Crippen molar-refractivity contribution in [1.29, 1.82) is 0 Å². The van der Waals surface area contributed by atoms with E-state index in [-0.39, 0.29) is 0 Å². The molecular formula is C19H28N4O. The van der Waals surface area contributed by atoms with Crippen LogP contribution in [0.4, 0.5) is 0 Å². The Hall–Kier alpha value is -1.85. The molecule has 1 aliphatic rings. The van der Waals surface area contributed by atoms with Crippen LogP contribution in [0.1, 0.15) is 18.3 Å². The molecule has 2 heterocycles. The number of ether oxygens (including phenoxy) is 1. The molecule has 1 saturated heterocycles. The van der Waals surface area contributed by atoms with Crippen molar-refractivity contribution in [3.05, 3.63) is 48.0 Å². The zero-order chi connectivity index (χ0) is 16.9. The molecule has 130 valence electrons. The predicted molar refractivity (Wildman–Crippen MR) is 96.2 cm³/mol. The summed E-state index contributed by atoms with van der Waals surface area (Å²) in [4.78, 5) is 9.56. The molecule has 0 N–H and O–H groups in total. The van der Waals surface area contributed by atoms with Crippen molar-refractivity contribution in [2.75, 3.05) is 33.3 Å². The van der Waals surface area contributed by atoms with Crippen molar-refractivity contribution in [1.82, 2.24) is 19.4 Å². The highest BCUT2D eigenvalue weighted by Gasteiger charge is 2.24. The smallest absolute Gasteiger partial charge is 0.122 e. The van der Waals surface area contributed by atoms with Crippen LogP contribution in [0.2, 0.25) is 0 Å². The molecule has 1 aromatic carbocycles. The number of aromatic nitrogens is 2. The van der Waals surface area contributed by atoms with Gasteiger partial charge in [-0.05, 0) is 31.0 Å². The van der Waals surface area contributed by atoms with Crippen molar-refractivity contribution in [3.63, 3.8) is 0 Å². The van der Waals surface area contributed by atoms with E-state index in [9.17, 15) is 0 Å². The fourth-order valence-corrected chi connectivity index (χ4v) is 3.32. The topological polar surface area (TPSA) is 33.5 Å². The molecule has 0 radical (unpaired) electrons. The van der Waals surface area contributed by atoms with Gasteiger partial charge in [0.1, 0.15) is 11.6 Å². The van der Waals surface area contributed by atoms with Gasteiger partial charge in [0.25, 0.3) is 0 Å². The molecule has 5 heteroatoms. The summed E-state index contributed by atoms with van der Waals surface area (Å²) in [5.74, 6) is 2.07. The van der Waals surface area contributed by atoms with Crippen LogP contribution in [-0.4, -0.2) is 58.7 Å². The van der Waals surface area contributed by atoms with E-state index in [0.29, 0.717) is 6.04 Å². The summed E-state index contributed by atoms with van der Waals surface area (Å²) in [6, 6.07) is 8.98. The number of rotatable bonds is 6. The van der Waals surface area contributed by atoms with Crippen LogP contribution in [0.15, 0.2) is 36.7 Å². The summed E-state index contributed by atoms with van der Waals surface area (Å²) in [5.41, 5.74) is 1.37. The van der Waals surface area contributed by atoms with Crippen LogP contribution in [0.3, 0.4) is 0 Å². The van der Waals surface area contributed by atoms with Crippen molar-refractivity contribution < 1.29 is 4.74 Å². The van der Waals surface area contributed by atoms with Gasteiger partial charge in [-0.25, -0.2) is 4.98 Å². The molecule has 5 nitrogen and oxygen atoms in total. The van der Waals surface area contributed by atoms with Gasteiger partial charge >= 0.3 is 0 Å². The lowest BCUT2D eigenvalue weighted by Crippen LogP contribution is -2.51. The monoisotopic (exact) mass is 328 g/mol. The number of aryl methyl sites for hydroxylation is 1. The number of hydrogen-bond donors (Lipinski definition) is 0. The minimum absolute atomic E-state index is 0.561. The molecule has 0 aliphatic carbocycles. The molecule has 0 spiro atoms. The second-order valence-electron chi connectivity index (χ2n) is 6.67. The number of benzene rings is 1. The van der Waals surface area contributed by atoms with Gasteiger partial charge in [0.15, 0.2) is 0 Å². The van der Waals surface area contributed by atoms with Gasteiger partial charge in [-0.2, -0.15) is 0 Å². The SMILES string of the molecule is COc1ccc(CCN2CCN(Cc3nccn3C)C(C)C2)cc1. The molecule has 1 aromatic heterocycles. The maximum atomic E-state index is 5.22. The Labute approximate surface area is 144 Å². The maximum absolute atomic E-state index is 5.22. The van der Waals surface area contributed by atoms with E-state index < -0.39 is 0 Å².